The van der Waals surface area contributed by atoms with Gasteiger partial charge in [-0.1, -0.05) is 25.0 Å². The summed E-state index contributed by atoms with van der Waals surface area (Å²) in [6.07, 6.45) is -0.930. The molecule has 0 saturated carbocycles. The predicted molar refractivity (Wildman–Crippen MR) is 121 cm³/mol. The van der Waals surface area contributed by atoms with Crippen molar-refractivity contribution in [2.24, 2.45) is 0 Å². The number of fused-ring (bicyclic) bond motifs is 1. The highest BCUT2D eigenvalue weighted by atomic mass is 19.4. The Kier molecular flexibility index (Phi) is 7.02. The first-order valence-corrected chi connectivity index (χ1v) is 11.3. The van der Waals surface area contributed by atoms with E-state index in [9.17, 15) is 23.1 Å². The zero-order valence-electron chi connectivity index (χ0n) is 18.8. The number of phenols is 1. The van der Waals surface area contributed by atoms with Gasteiger partial charge in [-0.2, -0.15) is 13.2 Å². The number of benzene rings is 2. The molecule has 6 nitrogen and oxygen atoms in total. The molecule has 0 bridgehead atoms. The summed E-state index contributed by atoms with van der Waals surface area (Å²) < 4.78 is 58.3. The molecule has 4 rings (SSSR count). The Hall–Kier alpha value is -3.20. The molecule has 182 valence electrons. The monoisotopic (exact) mass is 477 g/mol. The van der Waals surface area contributed by atoms with Gasteiger partial charge in [0.1, 0.15) is 11.3 Å². The van der Waals surface area contributed by atoms with Crippen molar-refractivity contribution in [1.82, 2.24) is 4.90 Å². The zero-order valence-corrected chi connectivity index (χ0v) is 18.8. The standard InChI is InChI=1S/C25H26F3NO5/c1-2-32-19-9-5-6-10-20(19)33-23-21(31)16-11-12-18(30)17(15-29-13-7-3-4-8-14-29)22(16)34-24(23)25(26,27)28/h5-6,9-12,30H,2-4,7-8,13-15H2,1H3. The molecular formula is C25H26F3NO5. The molecule has 0 aliphatic carbocycles. The molecule has 1 fully saturated rings. The van der Waals surface area contributed by atoms with Crippen molar-refractivity contribution in [2.45, 2.75) is 45.3 Å². The lowest BCUT2D eigenvalue weighted by atomic mass is 10.1. The fourth-order valence-electron chi connectivity index (χ4n) is 4.16. The van der Waals surface area contributed by atoms with E-state index in [0.29, 0.717) is 0 Å². The summed E-state index contributed by atoms with van der Waals surface area (Å²) in [5, 5.41) is 10.4. The minimum absolute atomic E-state index is 0.0370. The van der Waals surface area contributed by atoms with Gasteiger partial charge < -0.3 is 19.0 Å². The normalized spacial score (nSPS) is 15.3. The van der Waals surface area contributed by atoms with E-state index in [0.717, 1.165) is 38.8 Å². The molecule has 9 heteroatoms. The van der Waals surface area contributed by atoms with E-state index in [2.05, 4.69) is 4.90 Å². The van der Waals surface area contributed by atoms with E-state index in [1.165, 1.54) is 24.3 Å². The molecule has 1 aliphatic rings. The van der Waals surface area contributed by atoms with Crippen LogP contribution in [0.25, 0.3) is 11.0 Å². The van der Waals surface area contributed by atoms with E-state index in [1.54, 1.807) is 19.1 Å². The Morgan fingerprint density at radius 3 is 2.35 bits per heavy atom. The summed E-state index contributed by atoms with van der Waals surface area (Å²) in [5.41, 5.74) is -1.10. The van der Waals surface area contributed by atoms with E-state index >= 15 is 0 Å². The fourth-order valence-corrected chi connectivity index (χ4v) is 4.16. The molecule has 0 radical (unpaired) electrons. The van der Waals surface area contributed by atoms with Crippen LogP contribution in [-0.2, 0) is 12.7 Å². The Morgan fingerprint density at radius 2 is 1.71 bits per heavy atom. The van der Waals surface area contributed by atoms with Gasteiger partial charge in [0.05, 0.1) is 17.6 Å². The predicted octanol–water partition coefficient (Wildman–Crippen LogP) is 6.08. The van der Waals surface area contributed by atoms with Crippen molar-refractivity contribution in [1.29, 1.82) is 0 Å². The van der Waals surface area contributed by atoms with E-state index < -0.39 is 23.1 Å². The van der Waals surface area contributed by atoms with Crippen LogP contribution in [0.1, 0.15) is 43.9 Å². The van der Waals surface area contributed by atoms with E-state index in [4.69, 9.17) is 13.9 Å². The lowest BCUT2D eigenvalue weighted by Gasteiger charge is -2.21. The third-order valence-electron chi connectivity index (χ3n) is 5.80. The van der Waals surface area contributed by atoms with Crippen molar-refractivity contribution >= 4 is 11.0 Å². The first kappa shape index (κ1) is 23.9. The maximum atomic E-state index is 14.0. The number of phenolic OH excluding ortho intramolecular Hbond substituents is 1. The summed E-state index contributed by atoms with van der Waals surface area (Å²) in [6, 6.07) is 8.71. The molecule has 3 aromatic rings. The average molecular weight is 477 g/mol. The number of likely N-dealkylation sites (tertiary alicyclic amines) is 1. The number of para-hydroxylation sites is 2. The van der Waals surface area contributed by atoms with Crippen molar-refractivity contribution in [3.8, 4) is 23.0 Å². The lowest BCUT2D eigenvalue weighted by Crippen LogP contribution is -2.24. The second-order valence-electron chi connectivity index (χ2n) is 8.20. The Labute approximate surface area is 194 Å². The highest BCUT2D eigenvalue weighted by Gasteiger charge is 2.41. The number of alkyl halides is 3. The Morgan fingerprint density at radius 1 is 1.03 bits per heavy atom. The fraction of sp³-hybridized carbons (Fsp3) is 0.400. The van der Waals surface area contributed by atoms with Crippen LogP contribution in [0.5, 0.6) is 23.0 Å². The van der Waals surface area contributed by atoms with Crippen molar-refractivity contribution in [3.63, 3.8) is 0 Å². The van der Waals surface area contributed by atoms with Crippen LogP contribution in [0.2, 0.25) is 0 Å². The number of halogens is 3. The quantitative estimate of drug-likeness (QED) is 0.464. The van der Waals surface area contributed by atoms with Crippen LogP contribution in [0.15, 0.2) is 45.6 Å². The number of rotatable bonds is 6. The van der Waals surface area contributed by atoms with Crippen LogP contribution >= 0.6 is 0 Å². The number of hydrogen-bond acceptors (Lipinski definition) is 6. The first-order valence-electron chi connectivity index (χ1n) is 11.3. The molecule has 1 aromatic heterocycles. The maximum absolute atomic E-state index is 14.0. The number of ether oxygens (including phenoxy) is 2. The van der Waals surface area contributed by atoms with Gasteiger partial charge in [0, 0.05) is 6.54 Å². The van der Waals surface area contributed by atoms with E-state index in [1.807, 2.05) is 0 Å². The van der Waals surface area contributed by atoms with Gasteiger partial charge in [-0.15, -0.1) is 0 Å². The van der Waals surface area contributed by atoms with Gasteiger partial charge >= 0.3 is 6.18 Å². The molecule has 0 spiro atoms. The summed E-state index contributed by atoms with van der Waals surface area (Å²) in [4.78, 5) is 15.3. The highest BCUT2D eigenvalue weighted by Crippen LogP contribution is 2.41. The molecule has 0 amide bonds. The van der Waals surface area contributed by atoms with Gasteiger partial charge in [-0.25, -0.2) is 0 Å². The van der Waals surface area contributed by atoms with Crippen LogP contribution in [0, 0.1) is 0 Å². The summed E-state index contributed by atoms with van der Waals surface area (Å²) in [5.74, 6) is -2.59. The molecule has 1 saturated heterocycles. The first-order chi connectivity index (χ1) is 16.3. The van der Waals surface area contributed by atoms with Crippen molar-refractivity contribution < 1.29 is 32.2 Å². The maximum Gasteiger partial charge on any atom is 0.453 e. The highest BCUT2D eigenvalue weighted by molar-refractivity contribution is 5.83. The Balaban J connectivity index is 1.86. The number of aromatic hydroxyl groups is 1. The minimum Gasteiger partial charge on any atom is -0.507 e. The molecular weight excluding hydrogens is 451 g/mol. The van der Waals surface area contributed by atoms with Crippen LogP contribution in [0.4, 0.5) is 13.2 Å². The summed E-state index contributed by atoms with van der Waals surface area (Å²) in [7, 11) is 0. The largest absolute Gasteiger partial charge is 0.507 e. The average Bonchev–Trinajstić information content (AvgIpc) is 3.07. The zero-order chi connectivity index (χ0) is 24.3. The smallest absolute Gasteiger partial charge is 0.453 e. The van der Waals surface area contributed by atoms with Crippen LogP contribution < -0.4 is 14.9 Å². The summed E-state index contributed by atoms with van der Waals surface area (Å²) >= 11 is 0. The molecule has 1 aliphatic heterocycles. The van der Waals surface area contributed by atoms with Crippen molar-refractivity contribution in [2.75, 3.05) is 19.7 Å². The van der Waals surface area contributed by atoms with Gasteiger partial charge in [0.25, 0.3) is 5.76 Å². The number of hydrogen-bond donors (Lipinski definition) is 1. The van der Waals surface area contributed by atoms with Gasteiger partial charge in [0.15, 0.2) is 11.5 Å². The molecule has 34 heavy (non-hydrogen) atoms. The van der Waals surface area contributed by atoms with Gasteiger partial charge in [-0.3, -0.25) is 9.69 Å². The summed E-state index contributed by atoms with van der Waals surface area (Å²) in [6.45, 7) is 3.67. The SMILES string of the molecule is CCOc1ccccc1Oc1c(C(F)(F)F)oc2c(CN3CCCCCC3)c(O)ccc2c1=O. The molecule has 0 atom stereocenters. The van der Waals surface area contributed by atoms with Gasteiger partial charge in [-0.05, 0) is 57.1 Å². The molecule has 0 unspecified atom stereocenters. The molecule has 2 heterocycles. The molecule has 1 N–H and O–H groups in total. The second-order valence-corrected chi connectivity index (χ2v) is 8.20. The third-order valence-corrected chi connectivity index (χ3v) is 5.80. The number of nitrogens with zero attached hydrogens (tertiary/aromatic N) is 1. The van der Waals surface area contributed by atoms with Gasteiger partial charge in [0.2, 0.25) is 11.2 Å². The van der Waals surface area contributed by atoms with E-state index in [-0.39, 0.29) is 46.9 Å². The van der Waals surface area contributed by atoms with Crippen LogP contribution in [-0.4, -0.2) is 29.7 Å². The van der Waals surface area contributed by atoms with Crippen molar-refractivity contribution in [3.05, 3.63) is 57.9 Å². The topological polar surface area (TPSA) is 72.1 Å². The third kappa shape index (κ3) is 4.99. The molecule has 2 aromatic carbocycles. The lowest BCUT2D eigenvalue weighted by molar-refractivity contribution is -0.154. The Bertz CT molecular complexity index is 1210. The van der Waals surface area contributed by atoms with Crippen LogP contribution in [0.3, 0.4) is 0 Å². The minimum atomic E-state index is -5.01. The second kappa shape index (κ2) is 9.97.